The van der Waals surface area contributed by atoms with E-state index in [-0.39, 0.29) is 30.9 Å². The zero-order valence-electron chi connectivity index (χ0n) is 27.5. The number of carbonyl (C=O) groups is 4. The lowest BCUT2D eigenvalue weighted by atomic mass is 9.96. The summed E-state index contributed by atoms with van der Waals surface area (Å²) >= 11 is 0. The van der Waals surface area contributed by atoms with E-state index >= 15 is 0 Å². The third-order valence-corrected chi connectivity index (χ3v) is 10.2. The zero-order chi connectivity index (χ0) is 33.3. The Kier molecular flexibility index (Phi) is 9.43. The van der Waals surface area contributed by atoms with Gasteiger partial charge in [0.15, 0.2) is 0 Å². The first-order valence-corrected chi connectivity index (χ1v) is 17.1. The summed E-state index contributed by atoms with van der Waals surface area (Å²) in [6.07, 6.45) is 9.29. The highest BCUT2D eigenvalue weighted by atomic mass is 16.6. The maximum Gasteiger partial charge on any atom is 0.408 e. The summed E-state index contributed by atoms with van der Waals surface area (Å²) in [5.74, 6) is -1.49. The fourth-order valence-electron chi connectivity index (χ4n) is 7.38. The molecule has 2 aromatic rings. The number of alkyl carbamates (subject to hydrolysis) is 1. The van der Waals surface area contributed by atoms with Gasteiger partial charge in [0.25, 0.3) is 0 Å². The lowest BCUT2D eigenvalue weighted by Crippen LogP contribution is -2.56. The van der Waals surface area contributed by atoms with Crippen LogP contribution in [-0.2, 0) is 19.1 Å². The summed E-state index contributed by atoms with van der Waals surface area (Å²) in [7, 11) is 0. The molecule has 1 saturated heterocycles. The number of hydrogen-bond acceptors (Lipinski definition) is 7. The fraction of sp³-hybridized carbons (Fsp3) is 0.583. The number of nitrogens with zero attached hydrogens (tertiary/aromatic N) is 2. The normalized spacial score (nSPS) is 30.8. The summed E-state index contributed by atoms with van der Waals surface area (Å²) in [5.41, 5.74) is 1.22. The van der Waals surface area contributed by atoms with Crippen molar-refractivity contribution in [1.82, 2.24) is 20.5 Å². The van der Waals surface area contributed by atoms with Crippen molar-refractivity contribution in [3.63, 3.8) is 0 Å². The van der Waals surface area contributed by atoms with Gasteiger partial charge in [-0.2, -0.15) is 0 Å². The quantitative estimate of drug-likeness (QED) is 0.386. The molecular formula is C36H46N4O7. The standard InChI is InChI=1S/C36H46N4O7/c1-21-8-4-5-9-24-19-36(24,34(43)44)39-32(41)30-18-26(46-31-17-23(3)37-29-16-22(2)12-14-27(29)31)20-40(30)33(42)28(15-13-21)38-35(45)47-25-10-6-7-11-25/h5,9,12,14,16-17,21,24-26,28,30H,4,6-8,10-11,13,15,18-20H2,1-3H3,(H,38,45)(H,39,41)(H,43,44)/b9-5-/t21-,24?,26+,28-,30-,36+/m0/s1. The molecule has 11 heteroatoms. The number of carbonyl (C=O) groups excluding carboxylic acids is 3. The lowest BCUT2D eigenvalue weighted by molar-refractivity contribution is -0.145. The number of carboxylic acids is 1. The van der Waals surface area contributed by atoms with Crippen molar-refractivity contribution in [2.75, 3.05) is 6.54 Å². The minimum Gasteiger partial charge on any atom is -0.488 e. The van der Waals surface area contributed by atoms with E-state index in [2.05, 4.69) is 22.5 Å². The van der Waals surface area contributed by atoms with Crippen molar-refractivity contribution in [2.45, 2.75) is 115 Å². The van der Waals surface area contributed by atoms with Crippen molar-refractivity contribution < 1.29 is 33.8 Å². The molecule has 6 atom stereocenters. The van der Waals surface area contributed by atoms with Crippen molar-refractivity contribution in [2.24, 2.45) is 11.8 Å². The summed E-state index contributed by atoms with van der Waals surface area (Å²) in [6, 6.07) is 5.88. The Morgan fingerprint density at radius 3 is 2.62 bits per heavy atom. The number of aryl methyl sites for hydroxylation is 2. The second-order valence-electron chi connectivity index (χ2n) is 14.0. The largest absolute Gasteiger partial charge is 0.488 e. The number of benzene rings is 1. The van der Waals surface area contributed by atoms with Gasteiger partial charge in [-0.15, -0.1) is 0 Å². The molecule has 0 radical (unpaired) electrons. The molecule has 6 rings (SSSR count). The highest BCUT2D eigenvalue weighted by Crippen LogP contribution is 2.45. The van der Waals surface area contributed by atoms with E-state index in [4.69, 9.17) is 9.47 Å². The van der Waals surface area contributed by atoms with Crippen LogP contribution in [0.25, 0.3) is 10.9 Å². The van der Waals surface area contributed by atoms with Gasteiger partial charge < -0.3 is 30.1 Å². The van der Waals surface area contributed by atoms with E-state index in [1.54, 1.807) is 0 Å². The Labute approximate surface area is 275 Å². The molecule has 2 saturated carbocycles. The first-order valence-electron chi connectivity index (χ1n) is 17.1. The van der Waals surface area contributed by atoms with Crippen LogP contribution >= 0.6 is 0 Å². The molecule has 3 N–H and O–H groups in total. The number of hydrogen-bond donors (Lipinski definition) is 3. The van der Waals surface area contributed by atoms with E-state index in [1.165, 1.54) is 4.90 Å². The maximum absolute atomic E-state index is 14.4. The van der Waals surface area contributed by atoms with Gasteiger partial charge in [0.05, 0.1) is 12.1 Å². The van der Waals surface area contributed by atoms with E-state index in [0.29, 0.717) is 25.0 Å². The Hall–Kier alpha value is -4.15. The molecule has 252 valence electrons. The number of pyridine rings is 1. The van der Waals surface area contributed by atoms with Gasteiger partial charge in [0, 0.05) is 29.5 Å². The van der Waals surface area contributed by atoms with Crippen LogP contribution in [0.2, 0.25) is 0 Å². The van der Waals surface area contributed by atoms with Gasteiger partial charge >= 0.3 is 12.1 Å². The Balaban J connectivity index is 1.30. The van der Waals surface area contributed by atoms with Gasteiger partial charge in [-0.05, 0) is 95.2 Å². The van der Waals surface area contributed by atoms with Gasteiger partial charge in [-0.3, -0.25) is 14.6 Å². The van der Waals surface area contributed by atoms with Crippen molar-refractivity contribution >= 4 is 34.8 Å². The van der Waals surface area contributed by atoms with Crippen LogP contribution in [0.5, 0.6) is 5.75 Å². The van der Waals surface area contributed by atoms with Crippen molar-refractivity contribution in [1.29, 1.82) is 0 Å². The van der Waals surface area contributed by atoms with Gasteiger partial charge in [-0.25, -0.2) is 9.59 Å². The van der Waals surface area contributed by atoms with Crippen LogP contribution < -0.4 is 15.4 Å². The molecule has 0 bridgehead atoms. The first kappa shape index (κ1) is 32.8. The number of nitrogens with one attached hydrogen (secondary N) is 2. The number of amides is 3. The predicted molar refractivity (Wildman–Crippen MR) is 175 cm³/mol. The number of ether oxygens (including phenoxy) is 2. The molecule has 47 heavy (non-hydrogen) atoms. The number of rotatable bonds is 5. The molecule has 4 aliphatic rings. The van der Waals surface area contributed by atoms with E-state index < -0.39 is 47.6 Å². The molecule has 3 amide bonds. The summed E-state index contributed by atoms with van der Waals surface area (Å²) in [4.78, 5) is 59.9. The van der Waals surface area contributed by atoms with E-state index in [0.717, 1.165) is 60.7 Å². The van der Waals surface area contributed by atoms with Gasteiger partial charge in [-0.1, -0.05) is 25.1 Å². The third kappa shape index (κ3) is 7.23. The van der Waals surface area contributed by atoms with Crippen LogP contribution in [0.4, 0.5) is 4.79 Å². The molecule has 3 heterocycles. The molecule has 2 aliphatic heterocycles. The SMILES string of the molecule is Cc1ccc2c(O[C@@H]3C[C@H]4C(=O)N[C@]5(C(=O)O)CC5/C=C\CC[C@H](C)CC[C@H](NC(=O)OC5CCCC5)C(=O)N4C3)cc(C)nc2c1. The molecule has 11 nitrogen and oxygen atoms in total. The average molecular weight is 647 g/mol. The molecule has 2 aliphatic carbocycles. The van der Waals surface area contributed by atoms with E-state index in [9.17, 15) is 24.3 Å². The van der Waals surface area contributed by atoms with Crippen LogP contribution in [0.3, 0.4) is 0 Å². The average Bonchev–Trinajstić information content (AvgIpc) is 3.29. The predicted octanol–water partition coefficient (Wildman–Crippen LogP) is 4.96. The number of aliphatic carboxylic acids is 1. The zero-order valence-corrected chi connectivity index (χ0v) is 27.5. The van der Waals surface area contributed by atoms with Crippen LogP contribution in [0.1, 0.15) is 82.4 Å². The summed E-state index contributed by atoms with van der Waals surface area (Å²) < 4.78 is 12.2. The highest BCUT2D eigenvalue weighted by Gasteiger charge is 2.61. The Morgan fingerprint density at radius 2 is 1.85 bits per heavy atom. The molecule has 3 fully saturated rings. The second-order valence-corrected chi connectivity index (χ2v) is 14.0. The minimum absolute atomic E-state index is 0.0977. The van der Waals surface area contributed by atoms with Gasteiger partial charge in [0.1, 0.15) is 35.6 Å². The molecule has 0 spiro atoms. The maximum atomic E-state index is 14.4. The number of aromatic nitrogens is 1. The number of fused-ring (bicyclic) bond motifs is 3. The topological polar surface area (TPSA) is 147 Å². The van der Waals surface area contributed by atoms with Crippen LogP contribution in [0.15, 0.2) is 36.4 Å². The minimum atomic E-state index is -1.41. The van der Waals surface area contributed by atoms with E-state index in [1.807, 2.05) is 50.3 Å². The summed E-state index contributed by atoms with van der Waals surface area (Å²) in [6.45, 7) is 6.09. The van der Waals surface area contributed by atoms with Crippen LogP contribution in [-0.4, -0.2) is 75.2 Å². The Morgan fingerprint density at radius 1 is 1.06 bits per heavy atom. The highest BCUT2D eigenvalue weighted by molar-refractivity contribution is 5.96. The number of allylic oxidation sites excluding steroid dienone is 1. The molecule has 1 aromatic carbocycles. The van der Waals surface area contributed by atoms with Crippen molar-refractivity contribution in [3.8, 4) is 5.75 Å². The van der Waals surface area contributed by atoms with Crippen molar-refractivity contribution in [3.05, 3.63) is 47.7 Å². The smallest absolute Gasteiger partial charge is 0.408 e. The monoisotopic (exact) mass is 646 g/mol. The molecule has 1 unspecified atom stereocenters. The van der Waals surface area contributed by atoms with Crippen LogP contribution in [0, 0.1) is 25.7 Å². The molecular weight excluding hydrogens is 600 g/mol. The summed E-state index contributed by atoms with van der Waals surface area (Å²) in [5, 5.41) is 16.6. The Bertz CT molecular complexity index is 1560. The van der Waals surface area contributed by atoms with Gasteiger partial charge in [0.2, 0.25) is 11.8 Å². The number of carboxylic acid groups (broad SMARTS) is 1. The lowest BCUT2D eigenvalue weighted by Gasteiger charge is -2.30. The second kappa shape index (κ2) is 13.5. The third-order valence-electron chi connectivity index (χ3n) is 10.2. The first-order chi connectivity index (χ1) is 22.5. The molecule has 1 aromatic heterocycles. The fourth-order valence-corrected chi connectivity index (χ4v) is 7.38.